The summed E-state index contributed by atoms with van der Waals surface area (Å²) in [6.07, 6.45) is 0.793. The molecule has 3 rings (SSSR count). The number of nitrogens with zero attached hydrogens (tertiary/aromatic N) is 3. The van der Waals surface area contributed by atoms with Crippen LogP contribution in [0.25, 0.3) is 0 Å². The SMILES string of the molecule is CC(=O)N(CC(=O)N1CCN(C=O)CC1)c1ccccc1Oc1ccccc1. The van der Waals surface area contributed by atoms with Crippen molar-refractivity contribution in [3.63, 3.8) is 0 Å². The van der Waals surface area contributed by atoms with E-state index in [0.717, 1.165) is 6.41 Å². The van der Waals surface area contributed by atoms with Crippen LogP contribution in [0.2, 0.25) is 0 Å². The standard InChI is InChI=1S/C21H23N3O4/c1-17(26)24(15-21(27)23-13-11-22(16-25)12-14-23)19-9-5-6-10-20(19)28-18-7-3-2-4-8-18/h2-10,16H,11-15H2,1H3. The van der Waals surface area contributed by atoms with Crippen molar-refractivity contribution < 1.29 is 19.1 Å². The first-order valence-corrected chi connectivity index (χ1v) is 9.15. The van der Waals surface area contributed by atoms with Crippen molar-refractivity contribution in [1.29, 1.82) is 0 Å². The van der Waals surface area contributed by atoms with Crippen molar-refractivity contribution in [2.75, 3.05) is 37.6 Å². The van der Waals surface area contributed by atoms with Gasteiger partial charge >= 0.3 is 0 Å². The second-order valence-corrected chi connectivity index (χ2v) is 6.51. The quantitative estimate of drug-likeness (QED) is 0.719. The summed E-state index contributed by atoms with van der Waals surface area (Å²) in [6, 6.07) is 16.4. The van der Waals surface area contributed by atoms with Crippen molar-refractivity contribution in [2.45, 2.75) is 6.92 Å². The zero-order valence-corrected chi connectivity index (χ0v) is 15.8. The highest BCUT2D eigenvalue weighted by Gasteiger charge is 2.25. The number of hydrogen-bond donors (Lipinski definition) is 0. The molecule has 0 aliphatic carbocycles. The zero-order chi connectivity index (χ0) is 19.9. The molecule has 1 aliphatic rings. The maximum absolute atomic E-state index is 12.7. The lowest BCUT2D eigenvalue weighted by Crippen LogP contribution is -2.51. The summed E-state index contributed by atoms with van der Waals surface area (Å²) in [5.74, 6) is 0.747. The van der Waals surface area contributed by atoms with Crippen LogP contribution in [-0.2, 0) is 14.4 Å². The van der Waals surface area contributed by atoms with Crippen molar-refractivity contribution in [3.05, 3.63) is 54.6 Å². The smallest absolute Gasteiger partial charge is 0.242 e. The van der Waals surface area contributed by atoms with Gasteiger partial charge in [0.25, 0.3) is 0 Å². The van der Waals surface area contributed by atoms with E-state index in [1.54, 1.807) is 28.0 Å². The van der Waals surface area contributed by atoms with E-state index >= 15 is 0 Å². The molecule has 7 heteroatoms. The number of hydrogen-bond acceptors (Lipinski definition) is 4. The predicted molar refractivity (Wildman–Crippen MR) is 105 cm³/mol. The lowest BCUT2D eigenvalue weighted by molar-refractivity contribution is -0.134. The highest BCUT2D eigenvalue weighted by Crippen LogP contribution is 2.32. The van der Waals surface area contributed by atoms with Gasteiger partial charge in [-0.05, 0) is 24.3 Å². The van der Waals surface area contributed by atoms with E-state index < -0.39 is 0 Å². The van der Waals surface area contributed by atoms with Gasteiger partial charge in [0.15, 0.2) is 5.75 Å². The second kappa shape index (κ2) is 9.03. The summed E-state index contributed by atoms with van der Waals surface area (Å²) in [5, 5.41) is 0. The van der Waals surface area contributed by atoms with Crippen LogP contribution < -0.4 is 9.64 Å². The number of carbonyl (C=O) groups excluding carboxylic acids is 3. The highest BCUT2D eigenvalue weighted by atomic mass is 16.5. The number of carbonyl (C=O) groups is 3. The molecule has 1 aliphatic heterocycles. The summed E-state index contributed by atoms with van der Waals surface area (Å²) >= 11 is 0. The molecule has 28 heavy (non-hydrogen) atoms. The molecule has 0 N–H and O–H groups in total. The van der Waals surface area contributed by atoms with E-state index in [1.165, 1.54) is 11.8 Å². The topological polar surface area (TPSA) is 70.2 Å². The third-order valence-corrected chi connectivity index (χ3v) is 4.62. The Hall–Kier alpha value is -3.35. The summed E-state index contributed by atoms with van der Waals surface area (Å²) < 4.78 is 5.93. The van der Waals surface area contributed by atoms with Crippen LogP contribution in [0.4, 0.5) is 5.69 Å². The van der Waals surface area contributed by atoms with Crippen LogP contribution in [0.1, 0.15) is 6.92 Å². The fraction of sp³-hybridized carbons (Fsp3) is 0.286. The normalized spacial score (nSPS) is 13.8. The number of anilines is 1. The summed E-state index contributed by atoms with van der Waals surface area (Å²) in [7, 11) is 0. The molecule has 0 bridgehead atoms. The number of ether oxygens (including phenoxy) is 1. The largest absolute Gasteiger partial charge is 0.455 e. The zero-order valence-electron chi connectivity index (χ0n) is 15.8. The maximum Gasteiger partial charge on any atom is 0.242 e. The molecule has 146 valence electrons. The van der Waals surface area contributed by atoms with Crippen molar-refractivity contribution in [1.82, 2.24) is 9.80 Å². The number of amides is 3. The van der Waals surface area contributed by atoms with E-state index in [1.807, 2.05) is 36.4 Å². The Morgan fingerprint density at radius 1 is 1.00 bits per heavy atom. The Bertz CT molecular complexity index is 833. The molecule has 3 amide bonds. The lowest BCUT2D eigenvalue weighted by Gasteiger charge is -2.34. The first-order chi connectivity index (χ1) is 13.6. The molecular formula is C21H23N3O4. The van der Waals surface area contributed by atoms with Crippen molar-refractivity contribution >= 4 is 23.9 Å². The van der Waals surface area contributed by atoms with Gasteiger partial charge in [-0.2, -0.15) is 0 Å². The average Bonchev–Trinajstić information content (AvgIpc) is 2.73. The monoisotopic (exact) mass is 381 g/mol. The number of rotatable bonds is 6. The van der Waals surface area contributed by atoms with Crippen LogP contribution >= 0.6 is 0 Å². The first kappa shape index (κ1) is 19.4. The van der Waals surface area contributed by atoms with Gasteiger partial charge in [-0.25, -0.2) is 0 Å². The molecule has 0 saturated carbocycles. The summed E-state index contributed by atoms with van der Waals surface area (Å²) in [4.78, 5) is 40.6. The molecule has 1 fully saturated rings. The van der Waals surface area contributed by atoms with Crippen LogP contribution in [0, 0.1) is 0 Å². The van der Waals surface area contributed by atoms with E-state index in [-0.39, 0.29) is 18.4 Å². The fourth-order valence-electron chi connectivity index (χ4n) is 3.06. The number of para-hydroxylation sites is 3. The van der Waals surface area contributed by atoms with Crippen LogP contribution in [-0.4, -0.2) is 60.7 Å². The minimum Gasteiger partial charge on any atom is -0.455 e. The molecule has 0 aromatic heterocycles. The molecule has 0 radical (unpaired) electrons. The van der Waals surface area contributed by atoms with Gasteiger partial charge in [0.2, 0.25) is 18.2 Å². The van der Waals surface area contributed by atoms with Gasteiger partial charge in [0, 0.05) is 33.1 Å². The maximum atomic E-state index is 12.7. The lowest BCUT2D eigenvalue weighted by atomic mass is 10.2. The minimum atomic E-state index is -0.246. The van der Waals surface area contributed by atoms with E-state index in [9.17, 15) is 14.4 Å². The van der Waals surface area contributed by atoms with Gasteiger partial charge in [0.05, 0.1) is 5.69 Å². The number of benzene rings is 2. The molecule has 0 atom stereocenters. The molecule has 1 saturated heterocycles. The van der Waals surface area contributed by atoms with Gasteiger partial charge in [0.1, 0.15) is 12.3 Å². The van der Waals surface area contributed by atoms with Crippen molar-refractivity contribution in [3.8, 4) is 11.5 Å². The Balaban J connectivity index is 1.76. The van der Waals surface area contributed by atoms with Crippen LogP contribution in [0.15, 0.2) is 54.6 Å². The molecule has 0 spiro atoms. The first-order valence-electron chi connectivity index (χ1n) is 9.15. The van der Waals surface area contributed by atoms with E-state index in [4.69, 9.17) is 4.74 Å². The molecule has 0 unspecified atom stereocenters. The van der Waals surface area contributed by atoms with E-state index in [0.29, 0.717) is 43.4 Å². The molecule has 2 aromatic carbocycles. The van der Waals surface area contributed by atoms with Gasteiger partial charge in [-0.15, -0.1) is 0 Å². The Morgan fingerprint density at radius 3 is 2.29 bits per heavy atom. The summed E-state index contributed by atoms with van der Waals surface area (Å²) in [6.45, 7) is 3.28. The molecule has 1 heterocycles. The van der Waals surface area contributed by atoms with Crippen molar-refractivity contribution in [2.24, 2.45) is 0 Å². The second-order valence-electron chi connectivity index (χ2n) is 6.51. The molecular weight excluding hydrogens is 358 g/mol. The van der Waals surface area contributed by atoms with Crippen LogP contribution in [0.3, 0.4) is 0 Å². The summed E-state index contributed by atoms with van der Waals surface area (Å²) in [5.41, 5.74) is 0.540. The minimum absolute atomic E-state index is 0.0778. The molecule has 7 nitrogen and oxygen atoms in total. The average molecular weight is 381 g/mol. The fourth-order valence-corrected chi connectivity index (χ4v) is 3.06. The Morgan fingerprint density at radius 2 is 1.64 bits per heavy atom. The molecule has 2 aromatic rings. The highest BCUT2D eigenvalue weighted by molar-refractivity contribution is 5.98. The van der Waals surface area contributed by atoms with Gasteiger partial charge < -0.3 is 14.5 Å². The Kier molecular flexibility index (Phi) is 6.26. The van der Waals surface area contributed by atoms with E-state index in [2.05, 4.69) is 0 Å². The van der Waals surface area contributed by atoms with Crippen LogP contribution in [0.5, 0.6) is 11.5 Å². The Labute approximate surface area is 164 Å². The number of piperazine rings is 1. The predicted octanol–water partition coefficient (Wildman–Crippen LogP) is 2.13. The van der Waals surface area contributed by atoms with Gasteiger partial charge in [-0.1, -0.05) is 30.3 Å². The third kappa shape index (κ3) is 4.68. The van der Waals surface area contributed by atoms with Gasteiger partial charge in [-0.3, -0.25) is 19.3 Å². The third-order valence-electron chi connectivity index (χ3n) is 4.62.